The van der Waals surface area contributed by atoms with Gasteiger partial charge in [0.2, 0.25) is 0 Å². The van der Waals surface area contributed by atoms with Crippen molar-refractivity contribution in [2.45, 2.75) is 51.2 Å². The molecule has 1 heterocycles. The van der Waals surface area contributed by atoms with Crippen molar-refractivity contribution < 1.29 is 0 Å². The van der Waals surface area contributed by atoms with Crippen molar-refractivity contribution in [2.24, 2.45) is 5.73 Å². The van der Waals surface area contributed by atoms with Crippen molar-refractivity contribution in [3.05, 3.63) is 34.3 Å². The third-order valence-corrected chi connectivity index (χ3v) is 4.63. The van der Waals surface area contributed by atoms with Crippen LogP contribution in [0.15, 0.2) is 28.7 Å². The molecule has 3 heteroatoms. The van der Waals surface area contributed by atoms with Gasteiger partial charge in [0.1, 0.15) is 0 Å². The van der Waals surface area contributed by atoms with Crippen molar-refractivity contribution >= 4 is 15.9 Å². The maximum atomic E-state index is 6.06. The van der Waals surface area contributed by atoms with Crippen molar-refractivity contribution in [3.63, 3.8) is 0 Å². The molecule has 0 amide bonds. The van der Waals surface area contributed by atoms with Crippen LogP contribution in [0.2, 0.25) is 0 Å². The number of hydrogen-bond acceptors (Lipinski definition) is 2. The molecule has 18 heavy (non-hydrogen) atoms. The van der Waals surface area contributed by atoms with E-state index in [1.807, 2.05) is 0 Å². The standard InChI is InChI=1S/C15H23BrN2/c1-3-14-8-7-11(2)18(14)15(10-17)12-5-4-6-13(16)9-12/h4-6,9,11,14-15H,3,7-8,10,17H2,1-2H3. The van der Waals surface area contributed by atoms with E-state index >= 15 is 0 Å². The van der Waals surface area contributed by atoms with E-state index in [9.17, 15) is 0 Å². The van der Waals surface area contributed by atoms with E-state index in [-0.39, 0.29) is 0 Å². The summed E-state index contributed by atoms with van der Waals surface area (Å²) in [4.78, 5) is 2.63. The van der Waals surface area contributed by atoms with Gasteiger partial charge in [-0.3, -0.25) is 4.90 Å². The van der Waals surface area contributed by atoms with E-state index in [1.54, 1.807) is 0 Å². The number of likely N-dealkylation sites (tertiary alicyclic amines) is 1. The quantitative estimate of drug-likeness (QED) is 0.918. The van der Waals surface area contributed by atoms with Crippen molar-refractivity contribution in [1.29, 1.82) is 0 Å². The fraction of sp³-hybridized carbons (Fsp3) is 0.600. The summed E-state index contributed by atoms with van der Waals surface area (Å²) in [5, 5.41) is 0. The molecule has 3 unspecified atom stereocenters. The van der Waals surface area contributed by atoms with Gasteiger partial charge < -0.3 is 5.73 Å². The fourth-order valence-corrected chi connectivity index (χ4v) is 3.63. The Labute approximate surface area is 119 Å². The number of nitrogens with two attached hydrogens (primary N) is 1. The zero-order valence-electron chi connectivity index (χ0n) is 11.3. The predicted molar refractivity (Wildman–Crippen MR) is 80.6 cm³/mol. The second kappa shape index (κ2) is 6.18. The van der Waals surface area contributed by atoms with Crippen LogP contribution in [0, 0.1) is 0 Å². The normalized spacial score (nSPS) is 26.4. The number of nitrogens with zero attached hydrogens (tertiary/aromatic N) is 1. The molecule has 0 saturated carbocycles. The maximum absolute atomic E-state index is 6.06. The lowest BCUT2D eigenvalue weighted by molar-refractivity contribution is 0.137. The molecule has 100 valence electrons. The van der Waals surface area contributed by atoms with E-state index < -0.39 is 0 Å². The molecule has 0 aliphatic carbocycles. The topological polar surface area (TPSA) is 29.3 Å². The van der Waals surface area contributed by atoms with Gasteiger partial charge >= 0.3 is 0 Å². The van der Waals surface area contributed by atoms with E-state index in [0.29, 0.717) is 24.7 Å². The Balaban J connectivity index is 2.27. The Hall–Kier alpha value is -0.380. The molecular formula is C15H23BrN2. The first-order chi connectivity index (χ1) is 8.67. The highest BCUT2D eigenvalue weighted by molar-refractivity contribution is 9.10. The van der Waals surface area contributed by atoms with Crippen LogP contribution in [0.1, 0.15) is 44.7 Å². The Kier molecular flexibility index (Phi) is 4.82. The Morgan fingerprint density at radius 1 is 1.44 bits per heavy atom. The van der Waals surface area contributed by atoms with Crippen LogP contribution in [-0.2, 0) is 0 Å². The Bertz CT molecular complexity index is 394. The van der Waals surface area contributed by atoms with Crippen LogP contribution in [0.4, 0.5) is 0 Å². The minimum atomic E-state index is 0.352. The van der Waals surface area contributed by atoms with Crippen LogP contribution >= 0.6 is 15.9 Å². The summed E-state index contributed by atoms with van der Waals surface area (Å²) in [6, 6.07) is 10.3. The number of hydrogen-bond donors (Lipinski definition) is 1. The smallest absolute Gasteiger partial charge is 0.0476 e. The number of halogens is 1. The van der Waals surface area contributed by atoms with Crippen molar-refractivity contribution in [2.75, 3.05) is 6.54 Å². The van der Waals surface area contributed by atoms with Gasteiger partial charge in [0.25, 0.3) is 0 Å². The molecular weight excluding hydrogens is 288 g/mol. The molecule has 1 aromatic carbocycles. The second-order valence-corrected chi connectivity index (χ2v) is 6.16. The van der Waals surface area contributed by atoms with Gasteiger partial charge in [-0.2, -0.15) is 0 Å². The molecule has 0 bridgehead atoms. The van der Waals surface area contributed by atoms with Gasteiger partial charge in [-0.25, -0.2) is 0 Å². The Morgan fingerprint density at radius 2 is 2.22 bits per heavy atom. The minimum absolute atomic E-state index is 0.352. The zero-order valence-corrected chi connectivity index (χ0v) is 12.9. The lowest BCUT2D eigenvalue weighted by atomic mass is 10.0. The van der Waals surface area contributed by atoms with Gasteiger partial charge in [-0.15, -0.1) is 0 Å². The molecule has 1 aliphatic rings. The first kappa shape index (κ1) is 14.0. The van der Waals surface area contributed by atoms with Crippen molar-refractivity contribution in [1.82, 2.24) is 4.90 Å². The van der Waals surface area contributed by atoms with Gasteiger partial charge in [0.15, 0.2) is 0 Å². The van der Waals surface area contributed by atoms with Gasteiger partial charge in [-0.05, 0) is 43.9 Å². The van der Waals surface area contributed by atoms with Gasteiger partial charge in [0.05, 0.1) is 0 Å². The van der Waals surface area contributed by atoms with E-state index in [0.717, 1.165) is 4.47 Å². The molecule has 0 aromatic heterocycles. The molecule has 2 N–H and O–H groups in total. The SMILES string of the molecule is CCC1CCC(C)N1C(CN)c1cccc(Br)c1. The fourth-order valence-electron chi connectivity index (χ4n) is 3.21. The molecule has 1 saturated heterocycles. The van der Waals surface area contributed by atoms with E-state index in [1.165, 1.54) is 24.8 Å². The number of benzene rings is 1. The first-order valence-electron chi connectivity index (χ1n) is 6.90. The summed E-state index contributed by atoms with van der Waals surface area (Å²) in [5.41, 5.74) is 7.39. The average molecular weight is 311 g/mol. The van der Waals surface area contributed by atoms with E-state index in [2.05, 4.69) is 58.9 Å². The van der Waals surface area contributed by atoms with E-state index in [4.69, 9.17) is 5.73 Å². The van der Waals surface area contributed by atoms with Crippen LogP contribution in [0.3, 0.4) is 0 Å². The van der Waals surface area contributed by atoms with Gasteiger partial charge in [-0.1, -0.05) is 35.0 Å². The molecule has 0 radical (unpaired) electrons. The third kappa shape index (κ3) is 2.79. The lowest BCUT2D eigenvalue weighted by Crippen LogP contribution is -2.41. The predicted octanol–water partition coefficient (Wildman–Crippen LogP) is 3.71. The first-order valence-corrected chi connectivity index (χ1v) is 7.69. The zero-order chi connectivity index (χ0) is 13.1. The molecule has 1 aromatic rings. The summed E-state index contributed by atoms with van der Waals surface area (Å²) in [6.07, 6.45) is 3.82. The van der Waals surface area contributed by atoms with Crippen LogP contribution in [0.25, 0.3) is 0 Å². The monoisotopic (exact) mass is 310 g/mol. The highest BCUT2D eigenvalue weighted by atomic mass is 79.9. The largest absolute Gasteiger partial charge is 0.329 e. The van der Waals surface area contributed by atoms with Crippen LogP contribution in [0.5, 0.6) is 0 Å². The molecule has 1 aliphatic heterocycles. The molecule has 2 rings (SSSR count). The summed E-state index contributed by atoms with van der Waals surface area (Å²) in [7, 11) is 0. The molecule has 2 nitrogen and oxygen atoms in total. The van der Waals surface area contributed by atoms with Crippen molar-refractivity contribution in [3.8, 4) is 0 Å². The lowest BCUT2D eigenvalue weighted by Gasteiger charge is -2.35. The van der Waals surface area contributed by atoms with Crippen LogP contribution < -0.4 is 5.73 Å². The average Bonchev–Trinajstić information content (AvgIpc) is 2.72. The maximum Gasteiger partial charge on any atom is 0.0476 e. The summed E-state index contributed by atoms with van der Waals surface area (Å²) >= 11 is 3.56. The molecule has 0 spiro atoms. The molecule has 1 fully saturated rings. The van der Waals surface area contributed by atoms with Gasteiger partial charge in [0, 0.05) is 29.1 Å². The number of rotatable bonds is 4. The highest BCUT2D eigenvalue weighted by Gasteiger charge is 2.34. The third-order valence-electron chi connectivity index (χ3n) is 4.14. The van der Waals surface area contributed by atoms with Crippen LogP contribution in [-0.4, -0.2) is 23.5 Å². The second-order valence-electron chi connectivity index (χ2n) is 5.24. The highest BCUT2D eigenvalue weighted by Crippen LogP contribution is 2.35. The Morgan fingerprint density at radius 3 is 2.83 bits per heavy atom. The molecule has 3 atom stereocenters. The summed E-state index contributed by atoms with van der Waals surface area (Å²) in [5.74, 6) is 0. The summed E-state index contributed by atoms with van der Waals surface area (Å²) in [6.45, 7) is 5.30. The summed E-state index contributed by atoms with van der Waals surface area (Å²) < 4.78 is 1.14. The minimum Gasteiger partial charge on any atom is -0.329 e.